The second-order valence-electron chi connectivity index (χ2n) is 4.79. The van der Waals surface area contributed by atoms with Gasteiger partial charge < -0.3 is 14.8 Å². The average molecular weight is 334 g/mol. The number of hydrogen-bond donors (Lipinski definition) is 1. The second-order valence-corrected chi connectivity index (χ2v) is 5.20. The number of esters is 1. The Morgan fingerprint density at radius 2 is 1.74 bits per heavy atom. The molecule has 0 fully saturated rings. The van der Waals surface area contributed by atoms with Crippen molar-refractivity contribution in [1.82, 2.24) is 0 Å². The standard InChI is InChI=1S/C17H16ClNO4/c1-12-6-8-13(9-7-12)22-11-17(21)23-10-16(20)19-15-5-3-2-4-14(15)18/h2-9H,10-11H2,1H3,(H,19,20). The molecular weight excluding hydrogens is 318 g/mol. The van der Waals surface area contributed by atoms with Crippen LogP contribution in [0.5, 0.6) is 5.75 Å². The van der Waals surface area contributed by atoms with Crippen LogP contribution < -0.4 is 10.1 Å². The highest BCUT2D eigenvalue weighted by Crippen LogP contribution is 2.20. The lowest BCUT2D eigenvalue weighted by Gasteiger charge is -2.09. The quantitative estimate of drug-likeness (QED) is 0.824. The van der Waals surface area contributed by atoms with Crippen LogP contribution in [0.25, 0.3) is 0 Å². The van der Waals surface area contributed by atoms with Gasteiger partial charge in [0.05, 0.1) is 10.7 Å². The Morgan fingerprint density at radius 1 is 1.04 bits per heavy atom. The molecule has 0 atom stereocenters. The highest BCUT2D eigenvalue weighted by atomic mass is 35.5. The van der Waals surface area contributed by atoms with Crippen molar-refractivity contribution in [2.24, 2.45) is 0 Å². The molecule has 0 unspecified atom stereocenters. The molecule has 2 rings (SSSR count). The summed E-state index contributed by atoms with van der Waals surface area (Å²) < 4.78 is 10.1. The van der Waals surface area contributed by atoms with Gasteiger partial charge in [0.1, 0.15) is 5.75 Å². The number of aryl methyl sites for hydroxylation is 1. The van der Waals surface area contributed by atoms with Crippen LogP contribution in [0.2, 0.25) is 5.02 Å². The summed E-state index contributed by atoms with van der Waals surface area (Å²) in [5.41, 5.74) is 1.56. The minimum Gasteiger partial charge on any atom is -0.482 e. The number of anilines is 1. The Bertz CT molecular complexity index is 685. The zero-order valence-electron chi connectivity index (χ0n) is 12.5. The van der Waals surface area contributed by atoms with Crippen molar-refractivity contribution in [3.05, 3.63) is 59.1 Å². The minimum absolute atomic E-state index is 0.261. The fourth-order valence-electron chi connectivity index (χ4n) is 1.71. The fraction of sp³-hybridized carbons (Fsp3) is 0.176. The van der Waals surface area contributed by atoms with E-state index in [1.54, 1.807) is 36.4 Å². The van der Waals surface area contributed by atoms with E-state index in [0.29, 0.717) is 16.5 Å². The molecule has 1 amide bonds. The van der Waals surface area contributed by atoms with Crippen LogP contribution in [-0.2, 0) is 14.3 Å². The van der Waals surface area contributed by atoms with Crippen molar-refractivity contribution in [3.8, 4) is 5.75 Å². The van der Waals surface area contributed by atoms with E-state index >= 15 is 0 Å². The van der Waals surface area contributed by atoms with E-state index in [9.17, 15) is 9.59 Å². The van der Waals surface area contributed by atoms with Crippen molar-refractivity contribution in [2.45, 2.75) is 6.92 Å². The predicted molar refractivity (Wildman–Crippen MR) is 87.7 cm³/mol. The summed E-state index contributed by atoms with van der Waals surface area (Å²) in [5.74, 6) is -0.533. The van der Waals surface area contributed by atoms with Crippen LogP contribution in [-0.4, -0.2) is 25.1 Å². The van der Waals surface area contributed by atoms with Crippen LogP contribution in [0.1, 0.15) is 5.56 Å². The maximum absolute atomic E-state index is 11.7. The fourth-order valence-corrected chi connectivity index (χ4v) is 1.90. The third-order valence-corrected chi connectivity index (χ3v) is 3.22. The molecule has 0 aliphatic heterocycles. The van der Waals surface area contributed by atoms with Gasteiger partial charge in [-0.2, -0.15) is 0 Å². The van der Waals surface area contributed by atoms with Gasteiger partial charge in [0, 0.05) is 0 Å². The van der Waals surface area contributed by atoms with Crippen LogP contribution in [0.3, 0.4) is 0 Å². The molecule has 0 radical (unpaired) electrons. The molecule has 5 nitrogen and oxygen atoms in total. The largest absolute Gasteiger partial charge is 0.482 e. The van der Waals surface area contributed by atoms with Gasteiger partial charge in [0.15, 0.2) is 13.2 Å². The summed E-state index contributed by atoms with van der Waals surface area (Å²) >= 11 is 5.92. The van der Waals surface area contributed by atoms with Crippen molar-refractivity contribution < 1.29 is 19.1 Å². The SMILES string of the molecule is Cc1ccc(OCC(=O)OCC(=O)Nc2ccccc2Cl)cc1. The molecule has 0 bridgehead atoms. The molecule has 6 heteroatoms. The molecule has 2 aromatic rings. The van der Waals surface area contributed by atoms with E-state index < -0.39 is 18.5 Å². The van der Waals surface area contributed by atoms with Gasteiger partial charge in [-0.15, -0.1) is 0 Å². The molecule has 120 valence electrons. The van der Waals surface area contributed by atoms with Gasteiger partial charge in [-0.25, -0.2) is 4.79 Å². The first-order valence-electron chi connectivity index (χ1n) is 6.94. The Labute approximate surface area is 139 Å². The Hall–Kier alpha value is -2.53. The van der Waals surface area contributed by atoms with Gasteiger partial charge in [-0.1, -0.05) is 41.4 Å². The first kappa shape index (κ1) is 16.8. The average Bonchev–Trinajstić information content (AvgIpc) is 2.54. The summed E-state index contributed by atoms with van der Waals surface area (Å²) in [4.78, 5) is 23.2. The zero-order valence-corrected chi connectivity index (χ0v) is 13.3. The lowest BCUT2D eigenvalue weighted by molar-refractivity contribution is -0.149. The highest BCUT2D eigenvalue weighted by Gasteiger charge is 2.10. The molecule has 0 saturated heterocycles. The molecule has 0 spiro atoms. The first-order chi connectivity index (χ1) is 11.0. The number of benzene rings is 2. The van der Waals surface area contributed by atoms with Crippen molar-refractivity contribution in [3.63, 3.8) is 0 Å². The monoisotopic (exact) mass is 333 g/mol. The highest BCUT2D eigenvalue weighted by molar-refractivity contribution is 6.33. The van der Waals surface area contributed by atoms with Gasteiger partial charge in [-0.05, 0) is 31.2 Å². The summed E-state index contributed by atoms with van der Waals surface area (Å²) in [6.45, 7) is 1.29. The number of carbonyl (C=O) groups excluding carboxylic acids is 2. The van der Waals surface area contributed by atoms with E-state index in [-0.39, 0.29) is 6.61 Å². The van der Waals surface area contributed by atoms with Gasteiger partial charge in [0.2, 0.25) is 0 Å². The van der Waals surface area contributed by atoms with E-state index in [4.69, 9.17) is 21.1 Å². The lowest BCUT2D eigenvalue weighted by Crippen LogP contribution is -2.23. The topological polar surface area (TPSA) is 64.6 Å². The van der Waals surface area contributed by atoms with Crippen LogP contribution in [0.15, 0.2) is 48.5 Å². The molecule has 1 N–H and O–H groups in total. The number of hydrogen-bond acceptors (Lipinski definition) is 4. The lowest BCUT2D eigenvalue weighted by atomic mass is 10.2. The number of halogens is 1. The van der Waals surface area contributed by atoms with E-state index in [2.05, 4.69) is 5.32 Å². The van der Waals surface area contributed by atoms with E-state index in [1.165, 1.54) is 0 Å². The Balaban J connectivity index is 1.72. The van der Waals surface area contributed by atoms with Gasteiger partial charge in [-0.3, -0.25) is 4.79 Å². The minimum atomic E-state index is -0.625. The normalized spacial score (nSPS) is 10.0. The molecular formula is C17H16ClNO4. The maximum atomic E-state index is 11.7. The first-order valence-corrected chi connectivity index (χ1v) is 7.32. The number of ether oxygens (including phenoxy) is 2. The Kier molecular flexibility index (Phi) is 6.00. The van der Waals surface area contributed by atoms with Crippen LogP contribution in [0, 0.1) is 6.92 Å². The number of rotatable bonds is 6. The number of amides is 1. The zero-order chi connectivity index (χ0) is 16.7. The molecule has 0 heterocycles. The third kappa shape index (κ3) is 5.64. The van der Waals surface area contributed by atoms with Gasteiger partial charge in [0.25, 0.3) is 5.91 Å². The van der Waals surface area contributed by atoms with Crippen LogP contribution in [0.4, 0.5) is 5.69 Å². The van der Waals surface area contributed by atoms with Crippen molar-refractivity contribution in [1.29, 1.82) is 0 Å². The van der Waals surface area contributed by atoms with E-state index in [0.717, 1.165) is 5.56 Å². The van der Waals surface area contributed by atoms with E-state index in [1.807, 2.05) is 19.1 Å². The summed E-state index contributed by atoms with van der Waals surface area (Å²) in [6.07, 6.45) is 0. The number of nitrogens with one attached hydrogen (secondary N) is 1. The number of carbonyl (C=O) groups is 2. The molecule has 2 aromatic carbocycles. The smallest absolute Gasteiger partial charge is 0.344 e. The Morgan fingerprint density at radius 3 is 2.43 bits per heavy atom. The molecule has 23 heavy (non-hydrogen) atoms. The van der Waals surface area contributed by atoms with Crippen LogP contribution >= 0.6 is 11.6 Å². The van der Waals surface area contributed by atoms with Crippen molar-refractivity contribution in [2.75, 3.05) is 18.5 Å². The molecule has 0 aliphatic carbocycles. The van der Waals surface area contributed by atoms with Gasteiger partial charge >= 0.3 is 5.97 Å². The summed E-state index contributed by atoms with van der Waals surface area (Å²) in [6, 6.07) is 14.1. The number of para-hydroxylation sites is 1. The third-order valence-electron chi connectivity index (χ3n) is 2.89. The predicted octanol–water partition coefficient (Wildman–Crippen LogP) is 3.21. The maximum Gasteiger partial charge on any atom is 0.344 e. The summed E-state index contributed by atoms with van der Waals surface area (Å²) in [7, 11) is 0. The summed E-state index contributed by atoms with van der Waals surface area (Å²) in [5, 5.41) is 2.97. The molecule has 0 aromatic heterocycles. The molecule has 0 saturated carbocycles. The van der Waals surface area contributed by atoms with Crippen molar-refractivity contribution >= 4 is 29.2 Å². The second kappa shape index (κ2) is 8.19. The molecule has 0 aliphatic rings.